The lowest BCUT2D eigenvalue weighted by Crippen LogP contribution is -2.39. The minimum absolute atomic E-state index is 0.0277. The summed E-state index contributed by atoms with van der Waals surface area (Å²) >= 11 is 0. The summed E-state index contributed by atoms with van der Waals surface area (Å²) in [5.41, 5.74) is 2.26. The van der Waals surface area contributed by atoms with Gasteiger partial charge in [0.2, 0.25) is 11.8 Å². The molecule has 3 amide bonds. The number of para-hydroxylation sites is 1. The molecule has 1 aliphatic rings. The third kappa shape index (κ3) is 5.99. The molecule has 1 N–H and O–H groups in total. The van der Waals surface area contributed by atoms with Gasteiger partial charge in [0.1, 0.15) is 12.6 Å². The second-order valence-corrected chi connectivity index (χ2v) is 7.83. The van der Waals surface area contributed by atoms with Crippen LogP contribution in [0.1, 0.15) is 42.3 Å². The van der Waals surface area contributed by atoms with Gasteiger partial charge >= 0.3 is 5.97 Å². The van der Waals surface area contributed by atoms with Gasteiger partial charge in [-0.3, -0.25) is 19.2 Å². The number of esters is 1. The molecule has 1 unspecified atom stereocenters. The Bertz CT molecular complexity index is 1050. The predicted molar refractivity (Wildman–Crippen MR) is 126 cm³/mol. The minimum atomic E-state index is -0.519. The number of nitrogens with one attached hydrogen (secondary N) is 1. The molecule has 0 saturated carbocycles. The molecule has 0 saturated heterocycles. The Balaban J connectivity index is 1.91. The van der Waals surface area contributed by atoms with Gasteiger partial charge in [-0.05, 0) is 37.3 Å². The number of hydrogen-bond acceptors (Lipinski definition) is 6. The van der Waals surface area contributed by atoms with Crippen molar-refractivity contribution in [1.29, 1.82) is 0 Å². The number of carbonyl (C=O) groups is 4. The zero-order valence-electron chi connectivity index (χ0n) is 19.6. The maximum absolute atomic E-state index is 13.3. The highest BCUT2D eigenvalue weighted by Crippen LogP contribution is 2.31. The van der Waals surface area contributed by atoms with Crippen molar-refractivity contribution in [2.75, 3.05) is 43.6 Å². The van der Waals surface area contributed by atoms with Crippen LogP contribution in [0.4, 0.5) is 11.4 Å². The Kier molecular flexibility index (Phi) is 8.37. The van der Waals surface area contributed by atoms with Crippen molar-refractivity contribution >= 4 is 35.1 Å². The maximum Gasteiger partial charge on any atom is 0.326 e. The second-order valence-electron chi connectivity index (χ2n) is 7.83. The van der Waals surface area contributed by atoms with Crippen molar-refractivity contribution in [2.45, 2.75) is 26.4 Å². The van der Waals surface area contributed by atoms with Crippen molar-refractivity contribution in [2.24, 2.45) is 0 Å². The monoisotopic (exact) mass is 467 g/mol. The molecule has 1 aliphatic heterocycles. The van der Waals surface area contributed by atoms with Crippen molar-refractivity contribution in [3.63, 3.8) is 0 Å². The van der Waals surface area contributed by atoms with Gasteiger partial charge in [0, 0.05) is 43.8 Å². The highest BCUT2D eigenvalue weighted by atomic mass is 16.5. The van der Waals surface area contributed by atoms with E-state index in [0.717, 1.165) is 0 Å². The Labute approximate surface area is 198 Å². The van der Waals surface area contributed by atoms with E-state index in [1.54, 1.807) is 55.3 Å². The van der Waals surface area contributed by atoms with Gasteiger partial charge < -0.3 is 24.6 Å². The molecule has 34 heavy (non-hydrogen) atoms. The number of fused-ring (bicyclic) bond motifs is 1. The highest BCUT2D eigenvalue weighted by molar-refractivity contribution is 6.00. The molecular formula is C25H29N3O6. The SMILES string of the molecule is CCOC(=O)CN1C(=O)CCN(C(=O)c2ccc(NC(C)=O)cc2)CC(OC)c2ccccc21. The molecule has 9 nitrogen and oxygen atoms in total. The zero-order chi connectivity index (χ0) is 24.7. The van der Waals surface area contributed by atoms with Crippen LogP contribution in [0, 0.1) is 0 Å². The van der Waals surface area contributed by atoms with Crippen LogP contribution in [0.2, 0.25) is 0 Å². The topological polar surface area (TPSA) is 105 Å². The summed E-state index contributed by atoms with van der Waals surface area (Å²) in [4.78, 5) is 52.9. The number of methoxy groups -OCH3 is 1. The van der Waals surface area contributed by atoms with E-state index in [2.05, 4.69) is 5.32 Å². The van der Waals surface area contributed by atoms with Gasteiger partial charge in [-0.15, -0.1) is 0 Å². The number of nitrogens with zero attached hydrogens (tertiary/aromatic N) is 2. The van der Waals surface area contributed by atoms with Crippen molar-refractivity contribution in [1.82, 2.24) is 4.90 Å². The number of carbonyl (C=O) groups excluding carboxylic acids is 4. The van der Waals surface area contributed by atoms with E-state index < -0.39 is 12.1 Å². The van der Waals surface area contributed by atoms with Crippen LogP contribution in [0.25, 0.3) is 0 Å². The Hall–Kier alpha value is -3.72. The van der Waals surface area contributed by atoms with Gasteiger partial charge in [0.05, 0.1) is 18.8 Å². The van der Waals surface area contributed by atoms with Gasteiger partial charge in [0.15, 0.2) is 0 Å². The van der Waals surface area contributed by atoms with Crippen LogP contribution >= 0.6 is 0 Å². The first kappa shape index (κ1) is 24.9. The third-order valence-electron chi connectivity index (χ3n) is 5.47. The molecule has 9 heteroatoms. The normalized spacial score (nSPS) is 16.1. The van der Waals surface area contributed by atoms with E-state index in [0.29, 0.717) is 22.5 Å². The molecule has 0 aliphatic carbocycles. The number of anilines is 2. The number of benzene rings is 2. The maximum atomic E-state index is 13.3. The third-order valence-corrected chi connectivity index (χ3v) is 5.47. The van der Waals surface area contributed by atoms with E-state index in [4.69, 9.17) is 9.47 Å². The number of ether oxygens (including phenoxy) is 2. The molecule has 0 radical (unpaired) electrons. The standard InChI is InChI=1S/C25H29N3O6/c1-4-34-24(31)16-28-21-8-6-5-7-20(21)22(33-3)15-27(14-13-23(28)30)25(32)18-9-11-19(12-10-18)26-17(2)29/h5-12,22H,4,13-16H2,1-3H3,(H,26,29). The van der Waals surface area contributed by atoms with Gasteiger partial charge in [-0.2, -0.15) is 0 Å². The molecule has 0 aromatic heterocycles. The van der Waals surface area contributed by atoms with Crippen LogP contribution in [0.15, 0.2) is 48.5 Å². The average Bonchev–Trinajstić information content (AvgIpc) is 2.87. The van der Waals surface area contributed by atoms with Gasteiger partial charge in [-0.1, -0.05) is 18.2 Å². The summed E-state index contributed by atoms with van der Waals surface area (Å²) in [6.07, 6.45) is -0.491. The fourth-order valence-electron chi connectivity index (χ4n) is 3.87. The lowest BCUT2D eigenvalue weighted by atomic mass is 10.0. The van der Waals surface area contributed by atoms with Crippen LogP contribution in [0.3, 0.4) is 0 Å². The summed E-state index contributed by atoms with van der Waals surface area (Å²) < 4.78 is 10.8. The van der Waals surface area contributed by atoms with Gasteiger partial charge in [-0.25, -0.2) is 0 Å². The summed E-state index contributed by atoms with van der Waals surface area (Å²) in [5, 5.41) is 2.67. The largest absolute Gasteiger partial charge is 0.465 e. The number of hydrogen-bond donors (Lipinski definition) is 1. The Morgan fingerprint density at radius 2 is 1.79 bits per heavy atom. The van der Waals surface area contributed by atoms with E-state index in [1.807, 2.05) is 12.1 Å². The van der Waals surface area contributed by atoms with Crippen molar-refractivity contribution in [3.8, 4) is 0 Å². The van der Waals surface area contributed by atoms with E-state index in [1.165, 1.54) is 11.8 Å². The van der Waals surface area contributed by atoms with Crippen LogP contribution in [-0.2, 0) is 23.9 Å². The second kappa shape index (κ2) is 11.4. The van der Waals surface area contributed by atoms with Gasteiger partial charge in [0.25, 0.3) is 5.91 Å². The minimum Gasteiger partial charge on any atom is -0.465 e. The van der Waals surface area contributed by atoms with E-state index in [9.17, 15) is 19.2 Å². The molecule has 0 spiro atoms. The molecule has 180 valence electrons. The molecule has 1 atom stereocenters. The van der Waals surface area contributed by atoms with Crippen molar-refractivity contribution in [3.05, 3.63) is 59.7 Å². The summed E-state index contributed by atoms with van der Waals surface area (Å²) in [6, 6.07) is 13.8. The quantitative estimate of drug-likeness (QED) is 0.655. The summed E-state index contributed by atoms with van der Waals surface area (Å²) in [6.45, 7) is 3.48. The molecule has 2 aromatic rings. The first-order valence-electron chi connectivity index (χ1n) is 11.1. The van der Waals surface area contributed by atoms with Crippen LogP contribution < -0.4 is 10.2 Å². The fraction of sp³-hybridized carbons (Fsp3) is 0.360. The zero-order valence-corrected chi connectivity index (χ0v) is 19.6. The molecule has 0 bridgehead atoms. The molecule has 3 rings (SSSR count). The van der Waals surface area contributed by atoms with E-state index >= 15 is 0 Å². The number of amides is 3. The number of rotatable bonds is 6. The molecule has 0 fully saturated rings. The van der Waals surface area contributed by atoms with Crippen LogP contribution in [0.5, 0.6) is 0 Å². The smallest absolute Gasteiger partial charge is 0.326 e. The first-order chi connectivity index (χ1) is 16.3. The average molecular weight is 468 g/mol. The lowest BCUT2D eigenvalue weighted by molar-refractivity contribution is -0.142. The summed E-state index contributed by atoms with van der Waals surface area (Å²) in [5.74, 6) is -1.27. The Morgan fingerprint density at radius 3 is 2.44 bits per heavy atom. The van der Waals surface area contributed by atoms with Crippen LogP contribution in [-0.4, -0.2) is 61.9 Å². The molecule has 1 heterocycles. The Morgan fingerprint density at radius 1 is 1.09 bits per heavy atom. The predicted octanol–water partition coefficient (Wildman–Crippen LogP) is 2.77. The lowest BCUT2D eigenvalue weighted by Gasteiger charge is -2.27. The first-order valence-corrected chi connectivity index (χ1v) is 11.1. The highest BCUT2D eigenvalue weighted by Gasteiger charge is 2.30. The van der Waals surface area contributed by atoms with Crippen molar-refractivity contribution < 1.29 is 28.7 Å². The summed E-state index contributed by atoms with van der Waals surface area (Å²) in [7, 11) is 1.54. The van der Waals surface area contributed by atoms with E-state index in [-0.39, 0.29) is 50.4 Å². The fourth-order valence-corrected chi connectivity index (χ4v) is 3.87. The molecule has 2 aromatic carbocycles. The molecular weight excluding hydrogens is 438 g/mol.